The highest BCUT2D eigenvalue weighted by atomic mass is 16.5. The van der Waals surface area contributed by atoms with Crippen LogP contribution in [0.1, 0.15) is 28.8 Å². The fourth-order valence-electron chi connectivity index (χ4n) is 3.90. The molecule has 1 atom stereocenters. The molecule has 0 radical (unpaired) electrons. The molecule has 5 nitrogen and oxygen atoms in total. The zero-order valence-corrected chi connectivity index (χ0v) is 16.1. The molecule has 2 heterocycles. The monoisotopic (exact) mass is 375 g/mol. The molecule has 1 aromatic heterocycles. The third-order valence-corrected chi connectivity index (χ3v) is 5.32. The molecule has 0 N–H and O–H groups in total. The number of ether oxygens (including phenoxy) is 1. The molecular formula is C23H25N3O2. The zero-order valence-electron chi connectivity index (χ0n) is 16.1. The van der Waals surface area contributed by atoms with Gasteiger partial charge in [0.1, 0.15) is 5.75 Å². The van der Waals surface area contributed by atoms with Gasteiger partial charge in [0.25, 0.3) is 0 Å². The number of benzene rings is 2. The second-order valence-corrected chi connectivity index (χ2v) is 7.29. The van der Waals surface area contributed by atoms with Crippen molar-refractivity contribution >= 4 is 5.78 Å². The third kappa shape index (κ3) is 4.15. The van der Waals surface area contributed by atoms with E-state index in [9.17, 15) is 4.79 Å². The van der Waals surface area contributed by atoms with Gasteiger partial charge in [0.05, 0.1) is 12.8 Å². The quantitative estimate of drug-likeness (QED) is 0.612. The molecule has 0 amide bonds. The molecule has 1 aliphatic heterocycles. The van der Waals surface area contributed by atoms with Crippen molar-refractivity contribution in [2.75, 3.05) is 20.2 Å². The molecule has 28 heavy (non-hydrogen) atoms. The molecule has 2 aromatic carbocycles. The van der Waals surface area contributed by atoms with Gasteiger partial charge in [0.2, 0.25) is 0 Å². The maximum atomic E-state index is 13.0. The fourth-order valence-corrected chi connectivity index (χ4v) is 3.90. The number of nitrogens with zero attached hydrogens (tertiary/aromatic N) is 3. The van der Waals surface area contributed by atoms with E-state index in [-0.39, 0.29) is 11.7 Å². The predicted octanol–water partition coefficient (Wildman–Crippen LogP) is 3.98. The standard InChI is InChI=1S/C23H25N3O2/c1-28-22-10-3-7-19(15-22)23(27)20-8-4-12-25(17-20)16-18-6-2-9-21(14-18)26-13-5-11-24-26/h2-3,5-7,9-11,13-15,20H,4,8,12,16-17H2,1H3/t20-/m1/s1. The minimum absolute atomic E-state index is 0.0372. The van der Waals surface area contributed by atoms with E-state index in [4.69, 9.17) is 4.74 Å². The average molecular weight is 375 g/mol. The summed E-state index contributed by atoms with van der Waals surface area (Å²) in [7, 11) is 1.63. The maximum absolute atomic E-state index is 13.0. The predicted molar refractivity (Wildman–Crippen MR) is 109 cm³/mol. The van der Waals surface area contributed by atoms with Gasteiger partial charge in [-0.3, -0.25) is 9.69 Å². The molecular weight excluding hydrogens is 350 g/mol. The first-order chi connectivity index (χ1) is 13.7. The van der Waals surface area contributed by atoms with Gasteiger partial charge >= 0.3 is 0 Å². The van der Waals surface area contributed by atoms with E-state index in [2.05, 4.69) is 34.3 Å². The largest absolute Gasteiger partial charge is 0.497 e. The van der Waals surface area contributed by atoms with Gasteiger partial charge in [-0.1, -0.05) is 24.3 Å². The van der Waals surface area contributed by atoms with Crippen LogP contribution in [0.5, 0.6) is 5.75 Å². The van der Waals surface area contributed by atoms with Crippen LogP contribution in [-0.2, 0) is 6.54 Å². The van der Waals surface area contributed by atoms with Crippen molar-refractivity contribution in [3.8, 4) is 11.4 Å². The maximum Gasteiger partial charge on any atom is 0.167 e. The Morgan fingerprint density at radius 2 is 2.07 bits per heavy atom. The van der Waals surface area contributed by atoms with Gasteiger partial charge in [-0.15, -0.1) is 0 Å². The van der Waals surface area contributed by atoms with Gasteiger partial charge < -0.3 is 4.74 Å². The Balaban J connectivity index is 1.44. The number of rotatable bonds is 6. The number of hydrogen-bond donors (Lipinski definition) is 0. The van der Waals surface area contributed by atoms with E-state index >= 15 is 0 Å². The van der Waals surface area contributed by atoms with Crippen molar-refractivity contribution in [2.45, 2.75) is 19.4 Å². The number of carbonyl (C=O) groups excluding carboxylic acids is 1. The Morgan fingerprint density at radius 3 is 2.89 bits per heavy atom. The minimum Gasteiger partial charge on any atom is -0.497 e. The number of carbonyl (C=O) groups is 1. The normalized spacial score (nSPS) is 17.4. The molecule has 5 heteroatoms. The topological polar surface area (TPSA) is 47.4 Å². The van der Waals surface area contributed by atoms with Crippen molar-refractivity contribution < 1.29 is 9.53 Å². The summed E-state index contributed by atoms with van der Waals surface area (Å²) in [5, 5.41) is 4.31. The summed E-state index contributed by atoms with van der Waals surface area (Å²) in [6, 6.07) is 17.8. The SMILES string of the molecule is COc1cccc(C(=O)[C@@H]2CCCN(Cc3cccc(-n4cccn4)c3)C2)c1. The first-order valence-electron chi connectivity index (χ1n) is 9.72. The third-order valence-electron chi connectivity index (χ3n) is 5.32. The second kappa shape index (κ2) is 8.40. The van der Waals surface area contributed by atoms with Gasteiger partial charge in [-0.25, -0.2) is 4.68 Å². The van der Waals surface area contributed by atoms with Crippen LogP contribution in [-0.4, -0.2) is 40.7 Å². The number of hydrogen-bond acceptors (Lipinski definition) is 4. The summed E-state index contributed by atoms with van der Waals surface area (Å²) in [5.41, 5.74) is 3.04. The summed E-state index contributed by atoms with van der Waals surface area (Å²) < 4.78 is 7.13. The Bertz CT molecular complexity index is 937. The molecule has 0 bridgehead atoms. The highest BCUT2D eigenvalue weighted by molar-refractivity contribution is 5.98. The molecule has 0 spiro atoms. The number of piperidine rings is 1. The lowest BCUT2D eigenvalue weighted by Crippen LogP contribution is -2.38. The first kappa shape index (κ1) is 18.4. The Labute approximate surface area is 165 Å². The molecule has 1 fully saturated rings. The first-order valence-corrected chi connectivity index (χ1v) is 9.72. The van der Waals surface area contributed by atoms with E-state index in [1.165, 1.54) is 5.56 Å². The Hall–Kier alpha value is -2.92. The van der Waals surface area contributed by atoms with Gasteiger partial charge in [-0.2, -0.15) is 5.10 Å². The van der Waals surface area contributed by atoms with Gasteiger partial charge in [0, 0.05) is 37.0 Å². The van der Waals surface area contributed by atoms with Crippen molar-refractivity contribution in [3.63, 3.8) is 0 Å². The summed E-state index contributed by atoms with van der Waals surface area (Å²) in [4.78, 5) is 15.4. The zero-order chi connectivity index (χ0) is 19.3. The highest BCUT2D eigenvalue weighted by Gasteiger charge is 2.26. The van der Waals surface area contributed by atoms with Crippen LogP contribution in [0.15, 0.2) is 67.0 Å². The van der Waals surface area contributed by atoms with Crippen LogP contribution < -0.4 is 4.74 Å². The molecule has 0 aliphatic carbocycles. The number of Topliss-reactive ketones (excluding diaryl/α,β-unsaturated/α-hetero) is 1. The van der Waals surface area contributed by atoms with E-state index in [1.807, 2.05) is 41.2 Å². The number of methoxy groups -OCH3 is 1. The number of likely N-dealkylation sites (tertiary alicyclic amines) is 1. The lowest BCUT2D eigenvalue weighted by Gasteiger charge is -2.32. The number of aromatic nitrogens is 2. The Kier molecular flexibility index (Phi) is 5.53. The molecule has 144 valence electrons. The molecule has 1 saturated heterocycles. The minimum atomic E-state index is 0.0372. The van der Waals surface area contributed by atoms with Gasteiger partial charge in [0.15, 0.2) is 5.78 Å². The lowest BCUT2D eigenvalue weighted by molar-refractivity contribution is 0.0811. The molecule has 4 rings (SSSR count). The summed E-state index contributed by atoms with van der Waals surface area (Å²) in [5.74, 6) is 0.984. The summed E-state index contributed by atoms with van der Waals surface area (Å²) in [6.07, 6.45) is 5.72. The second-order valence-electron chi connectivity index (χ2n) is 7.29. The van der Waals surface area contributed by atoms with Gasteiger partial charge in [-0.05, 0) is 55.3 Å². The average Bonchev–Trinajstić information content (AvgIpc) is 3.29. The van der Waals surface area contributed by atoms with Crippen LogP contribution in [0.4, 0.5) is 0 Å². The smallest absolute Gasteiger partial charge is 0.167 e. The van der Waals surface area contributed by atoms with Crippen LogP contribution in [0.2, 0.25) is 0 Å². The van der Waals surface area contributed by atoms with Crippen LogP contribution in [0, 0.1) is 5.92 Å². The molecule has 1 aliphatic rings. The van der Waals surface area contributed by atoms with Crippen LogP contribution in [0.25, 0.3) is 5.69 Å². The number of ketones is 1. The van der Waals surface area contributed by atoms with Crippen molar-refractivity contribution in [2.24, 2.45) is 5.92 Å². The van der Waals surface area contributed by atoms with Crippen LogP contribution in [0.3, 0.4) is 0 Å². The van der Waals surface area contributed by atoms with E-state index < -0.39 is 0 Å². The highest BCUT2D eigenvalue weighted by Crippen LogP contribution is 2.24. The van der Waals surface area contributed by atoms with E-state index in [1.54, 1.807) is 13.3 Å². The van der Waals surface area contributed by atoms with Crippen molar-refractivity contribution in [1.29, 1.82) is 0 Å². The van der Waals surface area contributed by atoms with E-state index in [0.717, 1.165) is 49.5 Å². The Morgan fingerprint density at radius 1 is 1.18 bits per heavy atom. The lowest BCUT2D eigenvalue weighted by atomic mass is 9.89. The van der Waals surface area contributed by atoms with Crippen molar-refractivity contribution in [3.05, 3.63) is 78.1 Å². The molecule has 0 unspecified atom stereocenters. The summed E-state index contributed by atoms with van der Waals surface area (Å²) in [6.45, 7) is 2.66. The van der Waals surface area contributed by atoms with Crippen molar-refractivity contribution in [1.82, 2.24) is 14.7 Å². The van der Waals surface area contributed by atoms with E-state index in [0.29, 0.717) is 0 Å². The fraction of sp³-hybridized carbons (Fsp3) is 0.304. The summed E-state index contributed by atoms with van der Waals surface area (Å²) >= 11 is 0. The van der Waals surface area contributed by atoms with Crippen LogP contribution >= 0.6 is 0 Å². The molecule has 0 saturated carbocycles. The molecule has 3 aromatic rings.